The lowest BCUT2D eigenvalue weighted by Crippen LogP contribution is -2.37. The van der Waals surface area contributed by atoms with Gasteiger partial charge in [0.25, 0.3) is 0 Å². The molecule has 0 fully saturated rings. The van der Waals surface area contributed by atoms with E-state index in [9.17, 15) is 4.39 Å². The van der Waals surface area contributed by atoms with Gasteiger partial charge in [0.05, 0.1) is 11.1 Å². The number of nitrogens with one attached hydrogen (secondary N) is 1. The Hall–Kier alpha value is -3.22. The lowest BCUT2D eigenvalue weighted by atomic mass is 9.92. The summed E-state index contributed by atoms with van der Waals surface area (Å²) in [4.78, 5) is 15.2. The van der Waals surface area contributed by atoms with E-state index in [4.69, 9.17) is 26.7 Å². The molecule has 0 radical (unpaired) electrons. The van der Waals surface area contributed by atoms with E-state index in [1.807, 2.05) is 32.1 Å². The monoisotopic (exact) mass is 476 g/mol. The Labute approximate surface area is 202 Å². The summed E-state index contributed by atoms with van der Waals surface area (Å²) >= 11 is 6.13. The third-order valence-corrected chi connectivity index (χ3v) is 6.54. The molecule has 1 aliphatic rings. The highest BCUT2D eigenvalue weighted by atomic mass is 35.5. The first-order valence-corrected chi connectivity index (χ1v) is 11.8. The van der Waals surface area contributed by atoms with Crippen molar-refractivity contribution in [2.75, 3.05) is 18.1 Å². The van der Waals surface area contributed by atoms with Crippen LogP contribution < -0.4 is 4.90 Å². The average Bonchev–Trinajstić information content (AvgIpc) is 3.16. The highest BCUT2D eigenvalue weighted by Crippen LogP contribution is 2.41. The molecular weight excluding hydrogens is 451 g/mol. The molecule has 2 aromatic heterocycles. The summed E-state index contributed by atoms with van der Waals surface area (Å²) in [5, 5.41) is 10.1. The molecule has 2 N–H and O–H groups in total. The van der Waals surface area contributed by atoms with Gasteiger partial charge < -0.3 is 15.0 Å². The van der Waals surface area contributed by atoms with Crippen LogP contribution in [0, 0.1) is 19.7 Å². The lowest BCUT2D eigenvalue weighted by molar-refractivity contribution is 0.303. The summed E-state index contributed by atoms with van der Waals surface area (Å²) in [7, 11) is 0. The van der Waals surface area contributed by atoms with E-state index in [-0.39, 0.29) is 17.7 Å². The second-order valence-corrected chi connectivity index (χ2v) is 9.11. The first-order chi connectivity index (χ1) is 16.4. The Morgan fingerprint density at radius 2 is 1.88 bits per heavy atom. The number of benzene rings is 2. The van der Waals surface area contributed by atoms with Gasteiger partial charge in [0.2, 0.25) is 5.95 Å². The van der Waals surface area contributed by atoms with Gasteiger partial charge >= 0.3 is 0 Å². The van der Waals surface area contributed by atoms with E-state index in [1.54, 1.807) is 6.07 Å². The summed E-state index contributed by atoms with van der Waals surface area (Å²) in [6, 6.07) is 13.3. The third-order valence-electron chi connectivity index (χ3n) is 6.25. The standard InChI is InChI=1S/C27H26ClFN4O/c1-16-13-17(2)31-27(30-16)33-11-10-20-21-14-22(28)23(29)15-24(21)32-25(20)26(33)19-8-6-18(7-9-19)5-3-4-12-34/h3,5-9,13-15,26,32,34H,4,10-12H2,1-2H3/b5-3+. The Balaban J connectivity index is 1.64. The number of aryl methyl sites for hydroxylation is 2. The molecular formula is C27H26ClFN4O. The van der Waals surface area contributed by atoms with Crippen molar-refractivity contribution in [3.05, 3.63) is 93.2 Å². The smallest absolute Gasteiger partial charge is 0.226 e. The number of hydrogen-bond donors (Lipinski definition) is 2. The minimum absolute atomic E-state index is 0.130. The number of H-pyrrole nitrogens is 1. The zero-order valence-corrected chi connectivity index (χ0v) is 19.9. The molecule has 2 aromatic carbocycles. The van der Waals surface area contributed by atoms with E-state index in [0.717, 1.165) is 57.6 Å². The molecule has 5 rings (SSSR count). The van der Waals surface area contributed by atoms with Crippen molar-refractivity contribution in [2.45, 2.75) is 32.7 Å². The molecule has 34 heavy (non-hydrogen) atoms. The predicted molar refractivity (Wildman–Crippen MR) is 135 cm³/mol. The maximum atomic E-state index is 14.2. The van der Waals surface area contributed by atoms with Crippen LogP contribution in [0.3, 0.4) is 0 Å². The van der Waals surface area contributed by atoms with Crippen molar-refractivity contribution in [1.82, 2.24) is 15.0 Å². The predicted octanol–water partition coefficient (Wildman–Crippen LogP) is 5.91. The number of fused-ring (bicyclic) bond motifs is 3. The van der Waals surface area contributed by atoms with E-state index < -0.39 is 5.82 Å². The number of aromatic nitrogens is 3. The van der Waals surface area contributed by atoms with Crippen LogP contribution in [0.2, 0.25) is 5.02 Å². The Morgan fingerprint density at radius 1 is 1.15 bits per heavy atom. The molecule has 3 heterocycles. The normalized spacial score (nSPS) is 15.9. The lowest BCUT2D eigenvalue weighted by Gasteiger charge is -2.36. The van der Waals surface area contributed by atoms with Gasteiger partial charge in [-0.2, -0.15) is 0 Å². The van der Waals surface area contributed by atoms with Crippen molar-refractivity contribution in [1.29, 1.82) is 0 Å². The molecule has 1 aliphatic heterocycles. The summed E-state index contributed by atoms with van der Waals surface area (Å²) < 4.78 is 14.2. The fraction of sp³-hybridized carbons (Fsp3) is 0.259. The molecule has 0 aliphatic carbocycles. The number of aliphatic hydroxyl groups excluding tert-OH is 1. The number of aliphatic hydroxyl groups is 1. The Morgan fingerprint density at radius 3 is 2.59 bits per heavy atom. The molecule has 174 valence electrons. The van der Waals surface area contributed by atoms with Gasteiger partial charge in [-0.25, -0.2) is 14.4 Å². The van der Waals surface area contributed by atoms with E-state index in [1.165, 1.54) is 6.07 Å². The maximum Gasteiger partial charge on any atom is 0.226 e. The van der Waals surface area contributed by atoms with Crippen LogP contribution in [0.1, 0.15) is 46.2 Å². The summed E-state index contributed by atoms with van der Waals surface area (Å²) in [5.41, 5.74) is 6.88. The summed E-state index contributed by atoms with van der Waals surface area (Å²) in [6.07, 6.45) is 5.36. The van der Waals surface area contributed by atoms with Crippen molar-refractivity contribution in [2.24, 2.45) is 0 Å². The van der Waals surface area contributed by atoms with Crippen LogP contribution in [0.4, 0.5) is 10.3 Å². The number of aromatic amines is 1. The summed E-state index contributed by atoms with van der Waals surface area (Å²) in [6.45, 7) is 4.81. The Bertz CT molecular complexity index is 1360. The molecule has 7 heteroatoms. The SMILES string of the molecule is Cc1cc(C)nc(N2CCc3c([nH]c4cc(F)c(Cl)cc34)C2c2ccc(/C=C/CCO)cc2)n1. The molecule has 1 atom stereocenters. The van der Waals surface area contributed by atoms with Crippen LogP contribution in [0.15, 0.2) is 48.5 Å². The highest BCUT2D eigenvalue weighted by Gasteiger charge is 2.33. The van der Waals surface area contributed by atoms with Crippen LogP contribution in [0.5, 0.6) is 0 Å². The largest absolute Gasteiger partial charge is 0.396 e. The molecule has 0 bridgehead atoms. The molecule has 0 amide bonds. The first-order valence-electron chi connectivity index (χ1n) is 11.4. The third kappa shape index (κ3) is 4.19. The first kappa shape index (κ1) is 22.6. The van der Waals surface area contributed by atoms with E-state index in [0.29, 0.717) is 12.4 Å². The summed E-state index contributed by atoms with van der Waals surface area (Å²) in [5.74, 6) is 0.251. The maximum absolute atomic E-state index is 14.2. The number of anilines is 1. The van der Waals surface area contributed by atoms with Crippen LogP contribution in [-0.4, -0.2) is 33.2 Å². The zero-order valence-electron chi connectivity index (χ0n) is 19.1. The van der Waals surface area contributed by atoms with E-state index in [2.05, 4.69) is 34.1 Å². The van der Waals surface area contributed by atoms with Gasteiger partial charge in [-0.15, -0.1) is 0 Å². The van der Waals surface area contributed by atoms with Crippen LogP contribution in [0.25, 0.3) is 17.0 Å². The molecule has 0 saturated heterocycles. The highest BCUT2D eigenvalue weighted by molar-refractivity contribution is 6.31. The van der Waals surface area contributed by atoms with Gasteiger partial charge in [-0.1, -0.05) is 48.0 Å². The molecule has 4 aromatic rings. The van der Waals surface area contributed by atoms with Gasteiger partial charge in [-0.3, -0.25) is 0 Å². The van der Waals surface area contributed by atoms with Crippen molar-refractivity contribution in [3.63, 3.8) is 0 Å². The van der Waals surface area contributed by atoms with Gasteiger partial charge in [0.1, 0.15) is 5.82 Å². The minimum Gasteiger partial charge on any atom is -0.396 e. The number of halogens is 2. The number of rotatable bonds is 5. The zero-order chi connectivity index (χ0) is 23.8. The molecule has 0 spiro atoms. The topological polar surface area (TPSA) is 65.0 Å². The van der Waals surface area contributed by atoms with Gasteiger partial charge in [0, 0.05) is 41.1 Å². The van der Waals surface area contributed by atoms with Crippen molar-refractivity contribution in [3.8, 4) is 0 Å². The van der Waals surface area contributed by atoms with Crippen LogP contribution >= 0.6 is 11.6 Å². The molecule has 0 saturated carbocycles. The van der Waals surface area contributed by atoms with Crippen molar-refractivity contribution < 1.29 is 9.50 Å². The fourth-order valence-corrected chi connectivity index (χ4v) is 4.93. The fourth-order valence-electron chi connectivity index (χ4n) is 4.77. The number of nitrogens with zero attached hydrogens (tertiary/aromatic N) is 3. The Kier molecular flexibility index (Phi) is 6.11. The molecule has 1 unspecified atom stereocenters. The van der Waals surface area contributed by atoms with Crippen molar-refractivity contribution >= 4 is 34.5 Å². The van der Waals surface area contributed by atoms with Crippen LogP contribution in [-0.2, 0) is 6.42 Å². The number of hydrogen-bond acceptors (Lipinski definition) is 4. The van der Waals surface area contributed by atoms with Gasteiger partial charge in [-0.05, 0) is 61.6 Å². The van der Waals surface area contributed by atoms with Gasteiger partial charge in [0.15, 0.2) is 0 Å². The van der Waals surface area contributed by atoms with E-state index >= 15 is 0 Å². The average molecular weight is 477 g/mol. The quantitative estimate of drug-likeness (QED) is 0.375. The minimum atomic E-state index is -0.433. The molecule has 5 nitrogen and oxygen atoms in total. The second-order valence-electron chi connectivity index (χ2n) is 8.71. The second kappa shape index (κ2) is 9.20.